The van der Waals surface area contributed by atoms with Crippen molar-refractivity contribution in [1.29, 1.82) is 0 Å². The van der Waals surface area contributed by atoms with Crippen molar-refractivity contribution in [3.8, 4) is 0 Å². The summed E-state index contributed by atoms with van der Waals surface area (Å²) in [6, 6.07) is 7.66. The molecule has 0 fully saturated rings. The van der Waals surface area contributed by atoms with Gasteiger partial charge < -0.3 is 10.8 Å². The molecule has 72 valence electrons. The van der Waals surface area contributed by atoms with Gasteiger partial charge in [0, 0.05) is 3.57 Å². The number of benzene rings is 1. The summed E-state index contributed by atoms with van der Waals surface area (Å²) in [5.41, 5.74) is 6.87. The lowest BCUT2D eigenvalue weighted by Gasteiger charge is -2.17. The summed E-state index contributed by atoms with van der Waals surface area (Å²) in [7, 11) is 0. The van der Waals surface area contributed by atoms with Crippen LogP contribution in [0.4, 0.5) is 0 Å². The van der Waals surface area contributed by atoms with Crippen LogP contribution in [0.25, 0.3) is 0 Å². The lowest BCUT2D eigenvalue weighted by atomic mass is 10.0. The molecule has 0 radical (unpaired) electrons. The van der Waals surface area contributed by atoms with E-state index in [1.165, 1.54) is 0 Å². The van der Waals surface area contributed by atoms with Gasteiger partial charge in [0.05, 0.1) is 12.1 Å². The maximum absolute atomic E-state index is 9.54. The van der Waals surface area contributed by atoms with Crippen molar-refractivity contribution in [3.05, 3.63) is 33.4 Å². The first-order valence-corrected chi connectivity index (χ1v) is 5.42. The molecule has 1 aromatic rings. The van der Waals surface area contributed by atoms with E-state index in [1.807, 2.05) is 31.2 Å². The predicted octanol–water partition coefficient (Wildman–Crippen LogP) is 2.06. The average Bonchev–Trinajstić information content (AvgIpc) is 2.15. The van der Waals surface area contributed by atoms with Crippen LogP contribution in [-0.4, -0.2) is 11.2 Å². The third-order valence-corrected chi connectivity index (χ3v) is 2.74. The molecular formula is C10H14INO. The van der Waals surface area contributed by atoms with Crippen LogP contribution in [0.1, 0.15) is 24.9 Å². The van der Waals surface area contributed by atoms with Crippen molar-refractivity contribution in [2.75, 3.05) is 0 Å². The standard InChI is InChI=1S/C10H14INO/c1-2-9(13)10(12)7-4-3-5-8(11)6-7/h3-6,9-10,13H,2,12H2,1H3. The summed E-state index contributed by atoms with van der Waals surface area (Å²) in [6.07, 6.45) is 0.241. The second-order valence-electron chi connectivity index (χ2n) is 3.06. The fraction of sp³-hybridized carbons (Fsp3) is 0.400. The molecule has 2 nitrogen and oxygen atoms in total. The highest BCUT2D eigenvalue weighted by molar-refractivity contribution is 14.1. The molecule has 0 spiro atoms. The molecule has 0 heterocycles. The Labute approximate surface area is 92.3 Å². The highest BCUT2D eigenvalue weighted by atomic mass is 127. The second kappa shape index (κ2) is 4.93. The van der Waals surface area contributed by atoms with Gasteiger partial charge in [-0.1, -0.05) is 19.1 Å². The van der Waals surface area contributed by atoms with Crippen molar-refractivity contribution >= 4 is 22.6 Å². The molecule has 2 atom stereocenters. The minimum absolute atomic E-state index is 0.264. The Hall–Kier alpha value is -0.130. The summed E-state index contributed by atoms with van der Waals surface area (Å²) >= 11 is 2.24. The van der Waals surface area contributed by atoms with Crippen molar-refractivity contribution in [2.24, 2.45) is 5.73 Å². The molecule has 0 aromatic heterocycles. The molecule has 1 rings (SSSR count). The molecule has 3 heteroatoms. The largest absolute Gasteiger partial charge is 0.391 e. The van der Waals surface area contributed by atoms with E-state index in [0.29, 0.717) is 6.42 Å². The quantitative estimate of drug-likeness (QED) is 0.837. The first-order valence-electron chi connectivity index (χ1n) is 4.34. The SMILES string of the molecule is CCC(O)C(N)c1cccc(I)c1. The van der Waals surface area contributed by atoms with Crippen LogP contribution >= 0.6 is 22.6 Å². The Balaban J connectivity index is 2.82. The molecule has 0 saturated heterocycles. The first-order chi connectivity index (χ1) is 6.15. The Morgan fingerprint density at radius 2 is 2.23 bits per heavy atom. The zero-order valence-electron chi connectivity index (χ0n) is 7.57. The third-order valence-electron chi connectivity index (χ3n) is 2.07. The number of aliphatic hydroxyl groups is 1. The summed E-state index contributed by atoms with van der Waals surface area (Å²) in [4.78, 5) is 0. The lowest BCUT2D eigenvalue weighted by Crippen LogP contribution is -2.25. The summed E-state index contributed by atoms with van der Waals surface area (Å²) in [5.74, 6) is 0. The molecule has 0 aliphatic carbocycles. The Kier molecular flexibility index (Phi) is 4.15. The first kappa shape index (κ1) is 10.9. The number of nitrogens with two attached hydrogens (primary N) is 1. The van der Waals surface area contributed by atoms with E-state index in [2.05, 4.69) is 22.6 Å². The van der Waals surface area contributed by atoms with Crippen LogP contribution in [-0.2, 0) is 0 Å². The predicted molar refractivity (Wildman–Crippen MR) is 62.4 cm³/mol. The van der Waals surface area contributed by atoms with Gasteiger partial charge in [0.15, 0.2) is 0 Å². The van der Waals surface area contributed by atoms with Crippen molar-refractivity contribution in [2.45, 2.75) is 25.5 Å². The molecule has 0 amide bonds. The molecule has 0 bridgehead atoms. The van der Waals surface area contributed by atoms with Gasteiger partial charge in [-0.3, -0.25) is 0 Å². The molecule has 0 aliphatic heterocycles. The Bertz CT molecular complexity index is 277. The minimum atomic E-state index is -0.446. The molecule has 2 unspecified atom stereocenters. The third kappa shape index (κ3) is 2.93. The van der Waals surface area contributed by atoms with E-state index < -0.39 is 6.10 Å². The van der Waals surface area contributed by atoms with Gasteiger partial charge in [-0.2, -0.15) is 0 Å². The molecular weight excluding hydrogens is 277 g/mol. The summed E-state index contributed by atoms with van der Waals surface area (Å²) in [5, 5.41) is 9.54. The normalized spacial score (nSPS) is 15.4. The highest BCUT2D eigenvalue weighted by Crippen LogP contribution is 2.18. The lowest BCUT2D eigenvalue weighted by molar-refractivity contribution is 0.140. The summed E-state index contributed by atoms with van der Waals surface area (Å²) < 4.78 is 1.15. The number of aliphatic hydroxyl groups excluding tert-OH is 1. The van der Waals surface area contributed by atoms with Gasteiger partial charge in [-0.05, 0) is 46.7 Å². The van der Waals surface area contributed by atoms with Gasteiger partial charge in [-0.15, -0.1) is 0 Å². The second-order valence-corrected chi connectivity index (χ2v) is 4.30. The minimum Gasteiger partial charge on any atom is -0.391 e. The van der Waals surface area contributed by atoms with Crippen LogP contribution in [0.2, 0.25) is 0 Å². The van der Waals surface area contributed by atoms with Crippen LogP contribution in [0.5, 0.6) is 0 Å². The topological polar surface area (TPSA) is 46.2 Å². The molecule has 1 aromatic carbocycles. The van der Waals surface area contributed by atoms with Crippen LogP contribution in [0.15, 0.2) is 24.3 Å². The number of hydrogen-bond donors (Lipinski definition) is 2. The molecule has 13 heavy (non-hydrogen) atoms. The van der Waals surface area contributed by atoms with E-state index in [4.69, 9.17) is 5.73 Å². The Morgan fingerprint density at radius 1 is 1.54 bits per heavy atom. The zero-order valence-corrected chi connectivity index (χ0v) is 9.73. The molecule has 3 N–H and O–H groups in total. The number of rotatable bonds is 3. The van der Waals surface area contributed by atoms with Crippen LogP contribution in [0, 0.1) is 3.57 Å². The van der Waals surface area contributed by atoms with E-state index in [0.717, 1.165) is 9.13 Å². The molecule has 0 saturated carbocycles. The van der Waals surface area contributed by atoms with Gasteiger partial charge in [0.1, 0.15) is 0 Å². The van der Waals surface area contributed by atoms with E-state index >= 15 is 0 Å². The van der Waals surface area contributed by atoms with Gasteiger partial charge in [0.2, 0.25) is 0 Å². The zero-order chi connectivity index (χ0) is 9.84. The van der Waals surface area contributed by atoms with Gasteiger partial charge >= 0.3 is 0 Å². The van der Waals surface area contributed by atoms with Crippen molar-refractivity contribution < 1.29 is 5.11 Å². The monoisotopic (exact) mass is 291 g/mol. The van der Waals surface area contributed by atoms with E-state index in [-0.39, 0.29) is 6.04 Å². The van der Waals surface area contributed by atoms with E-state index in [9.17, 15) is 5.11 Å². The van der Waals surface area contributed by atoms with E-state index in [1.54, 1.807) is 0 Å². The van der Waals surface area contributed by atoms with Crippen molar-refractivity contribution in [3.63, 3.8) is 0 Å². The fourth-order valence-electron chi connectivity index (χ4n) is 1.19. The maximum Gasteiger partial charge on any atom is 0.0730 e. The summed E-state index contributed by atoms with van der Waals surface area (Å²) in [6.45, 7) is 1.93. The van der Waals surface area contributed by atoms with Crippen LogP contribution in [0.3, 0.4) is 0 Å². The number of hydrogen-bond acceptors (Lipinski definition) is 2. The molecule has 0 aliphatic rings. The highest BCUT2D eigenvalue weighted by Gasteiger charge is 2.14. The van der Waals surface area contributed by atoms with Gasteiger partial charge in [-0.25, -0.2) is 0 Å². The van der Waals surface area contributed by atoms with Gasteiger partial charge in [0.25, 0.3) is 0 Å². The fourth-order valence-corrected chi connectivity index (χ4v) is 1.76. The smallest absolute Gasteiger partial charge is 0.0730 e. The Morgan fingerprint density at radius 3 is 2.77 bits per heavy atom. The van der Waals surface area contributed by atoms with Crippen LogP contribution < -0.4 is 5.73 Å². The number of halogens is 1. The average molecular weight is 291 g/mol. The van der Waals surface area contributed by atoms with Crippen molar-refractivity contribution in [1.82, 2.24) is 0 Å². The maximum atomic E-state index is 9.54.